The quantitative estimate of drug-likeness (QED) is 0.281. The Bertz CT molecular complexity index is 1020. The monoisotopic (exact) mass is 458 g/mol. The van der Waals surface area contributed by atoms with Gasteiger partial charge in [0.25, 0.3) is 0 Å². The van der Waals surface area contributed by atoms with Gasteiger partial charge in [-0.3, -0.25) is 4.58 Å². The number of rotatable bonds is 4. The van der Waals surface area contributed by atoms with Crippen LogP contribution in [0.3, 0.4) is 0 Å². The van der Waals surface area contributed by atoms with Gasteiger partial charge < -0.3 is 4.42 Å². The van der Waals surface area contributed by atoms with Crippen LogP contribution in [0.25, 0.3) is 11.3 Å². The Labute approximate surface area is 180 Å². The molecule has 1 aliphatic heterocycles. The molecule has 2 aliphatic rings. The van der Waals surface area contributed by atoms with Crippen LogP contribution in [-0.2, 0) is 32.3 Å². The minimum absolute atomic E-state index is 0. The van der Waals surface area contributed by atoms with Crippen molar-refractivity contribution < 1.29 is 28.5 Å². The van der Waals surface area contributed by atoms with E-state index in [1.807, 2.05) is 0 Å². The van der Waals surface area contributed by atoms with Gasteiger partial charge in [0.05, 0.1) is 5.76 Å². The van der Waals surface area contributed by atoms with Crippen LogP contribution >= 0.6 is 0 Å². The van der Waals surface area contributed by atoms with Crippen molar-refractivity contribution in [2.45, 2.75) is 45.1 Å². The minimum atomic E-state index is 0. The second-order valence-electron chi connectivity index (χ2n) is 8.10. The van der Waals surface area contributed by atoms with E-state index in [2.05, 4.69) is 85.6 Å². The molecule has 1 aliphatic carbocycles. The first kappa shape index (κ1) is 19.2. The van der Waals surface area contributed by atoms with Crippen LogP contribution in [0.15, 0.2) is 65.1 Å². The minimum Gasteiger partial charge on any atom is -0.477 e. The molecule has 145 valence electrons. The summed E-state index contributed by atoms with van der Waals surface area (Å²) in [6.07, 6.45) is 4.74. The van der Waals surface area contributed by atoms with Gasteiger partial charge in [-0.1, -0.05) is 91.1 Å². The first-order chi connectivity index (χ1) is 13.2. The van der Waals surface area contributed by atoms with E-state index in [-0.39, 0.29) is 25.0 Å². The van der Waals surface area contributed by atoms with Crippen molar-refractivity contribution >= 4 is 5.71 Å². The Morgan fingerprint density at radius 2 is 1.39 bits per heavy atom. The van der Waals surface area contributed by atoms with E-state index in [0.29, 0.717) is 0 Å². The van der Waals surface area contributed by atoms with Crippen molar-refractivity contribution in [3.8, 4) is 11.3 Å². The molecular weight excluding hydrogens is 433 g/mol. The van der Waals surface area contributed by atoms with Crippen molar-refractivity contribution in [3.05, 3.63) is 89.7 Å². The summed E-state index contributed by atoms with van der Waals surface area (Å²) in [6.45, 7) is 6.79. The van der Waals surface area contributed by atoms with Crippen molar-refractivity contribution in [1.82, 2.24) is 0 Å². The zero-order valence-electron chi connectivity index (χ0n) is 16.4. The maximum Gasteiger partial charge on any atom is 0.182 e. The smallest absolute Gasteiger partial charge is 0.182 e. The molecule has 28 heavy (non-hydrogen) atoms. The molecule has 0 spiro atoms. The van der Waals surface area contributed by atoms with Crippen LogP contribution in [0.4, 0.5) is 0 Å². The largest absolute Gasteiger partial charge is 0.477 e. The number of fused-ring (bicyclic) bond motifs is 1. The Morgan fingerprint density at radius 1 is 0.821 bits per heavy atom. The molecule has 0 saturated heterocycles. The van der Waals surface area contributed by atoms with E-state index in [9.17, 15) is 0 Å². The fraction of sp³-hybridized carbons (Fsp3) is 0.280. The number of furan rings is 1. The van der Waals surface area contributed by atoms with Gasteiger partial charge in [-0.05, 0) is 25.8 Å². The van der Waals surface area contributed by atoms with Crippen LogP contribution < -0.4 is 0 Å². The summed E-state index contributed by atoms with van der Waals surface area (Å²) in [7, 11) is 0. The summed E-state index contributed by atoms with van der Waals surface area (Å²) in [5.74, 6) is 2.11. The average molecular weight is 458 g/mol. The molecule has 0 atom stereocenters. The van der Waals surface area contributed by atoms with E-state index in [1.165, 1.54) is 40.8 Å². The zero-order chi connectivity index (χ0) is 18.4. The summed E-state index contributed by atoms with van der Waals surface area (Å²) in [4.78, 5) is 0. The fourth-order valence-corrected chi connectivity index (χ4v) is 4.46. The third-order valence-electron chi connectivity index (χ3n) is 5.95. The van der Waals surface area contributed by atoms with Gasteiger partial charge in [0.15, 0.2) is 11.3 Å². The molecule has 2 heterocycles. The first-order valence-electron chi connectivity index (χ1n) is 9.93. The van der Waals surface area contributed by atoms with Crippen molar-refractivity contribution in [1.29, 1.82) is 0 Å². The van der Waals surface area contributed by atoms with Crippen LogP contribution in [-0.4, -0.2) is 15.8 Å². The van der Waals surface area contributed by atoms with Gasteiger partial charge in [0, 0.05) is 25.0 Å². The molecule has 5 rings (SSSR count). The van der Waals surface area contributed by atoms with Gasteiger partial charge in [0.2, 0.25) is 0 Å². The number of nitrogens with zero attached hydrogens (tertiary/aromatic N) is 1. The fourth-order valence-electron chi connectivity index (χ4n) is 4.46. The van der Waals surface area contributed by atoms with Crippen LogP contribution in [0, 0.1) is 6.54 Å². The van der Waals surface area contributed by atoms with E-state index in [4.69, 9.17) is 4.42 Å². The summed E-state index contributed by atoms with van der Waals surface area (Å²) in [5, 5.41) is 0. The Kier molecular flexibility index (Phi) is 5.06. The van der Waals surface area contributed by atoms with Crippen LogP contribution in [0.5, 0.6) is 0 Å². The van der Waals surface area contributed by atoms with Gasteiger partial charge in [0.1, 0.15) is 12.3 Å². The molecule has 0 bridgehead atoms. The molecule has 3 heteroatoms. The molecule has 3 aromatic rings. The number of hydrogen-bond donors (Lipinski definition) is 0. The average Bonchev–Trinajstić information content (AvgIpc) is 3.06. The molecule has 0 saturated carbocycles. The zero-order valence-corrected chi connectivity index (χ0v) is 18.0. The molecule has 1 aromatic heterocycles. The molecule has 0 N–H and O–H groups in total. The maximum atomic E-state index is 6.47. The van der Waals surface area contributed by atoms with Crippen LogP contribution in [0.1, 0.15) is 49.1 Å². The molecule has 1 radical (unpaired) electrons. The normalized spacial score (nSPS) is 16.9. The summed E-state index contributed by atoms with van der Waals surface area (Å²) in [6, 6.07) is 21.2. The maximum absolute atomic E-state index is 6.47. The summed E-state index contributed by atoms with van der Waals surface area (Å²) in [5.41, 5.74) is 6.72. The van der Waals surface area contributed by atoms with E-state index < -0.39 is 0 Å². The number of hydrogen-bond acceptors (Lipinski definition) is 1. The van der Waals surface area contributed by atoms with Crippen molar-refractivity contribution in [2.24, 2.45) is 0 Å². The SMILES string of the molecule is CC1(C)C(c2ccccc2)=[N+]1[CH-]c1oc(-c2ccccc2)c2c1CCCC2.[Rh]. The van der Waals surface area contributed by atoms with E-state index >= 15 is 0 Å². The molecule has 0 unspecified atom stereocenters. The van der Waals surface area contributed by atoms with Gasteiger partial charge >= 0.3 is 0 Å². The van der Waals surface area contributed by atoms with E-state index in [0.717, 1.165) is 24.4 Å². The molecule has 0 fully saturated rings. The Balaban J connectivity index is 0.00000192. The molecule has 2 nitrogen and oxygen atoms in total. The van der Waals surface area contributed by atoms with E-state index in [1.54, 1.807) is 0 Å². The predicted molar refractivity (Wildman–Crippen MR) is 109 cm³/mol. The van der Waals surface area contributed by atoms with Gasteiger partial charge in [-0.2, -0.15) is 0 Å². The summed E-state index contributed by atoms with van der Waals surface area (Å²) < 4.78 is 8.84. The predicted octanol–water partition coefficient (Wildman–Crippen LogP) is 5.63. The third-order valence-corrected chi connectivity index (χ3v) is 5.95. The van der Waals surface area contributed by atoms with Crippen molar-refractivity contribution in [2.75, 3.05) is 0 Å². The standard InChI is InChI=1S/C25H25NO.Rh/c1-25(2)24(19-13-7-4-8-14-19)26(25)17-22-20-15-9-10-16-21(20)23(27-22)18-11-5-3-6-12-18;/h3-8,11-14,17H,9-10,15-16H2,1-2H3;. The topological polar surface area (TPSA) is 16.1 Å². The van der Waals surface area contributed by atoms with Crippen LogP contribution in [0.2, 0.25) is 0 Å². The molecular formula is C25H25NORh. The van der Waals surface area contributed by atoms with Gasteiger partial charge in [-0.15, -0.1) is 0 Å². The van der Waals surface area contributed by atoms with Crippen molar-refractivity contribution in [3.63, 3.8) is 0 Å². The molecule has 2 aromatic carbocycles. The first-order valence-corrected chi connectivity index (χ1v) is 9.93. The Hall–Kier alpha value is -2.12. The second-order valence-corrected chi connectivity index (χ2v) is 8.10. The number of benzene rings is 2. The third kappa shape index (κ3) is 3.16. The second kappa shape index (κ2) is 7.37. The Morgan fingerprint density at radius 3 is 2.04 bits per heavy atom. The van der Waals surface area contributed by atoms with Gasteiger partial charge in [-0.25, -0.2) is 0 Å². The summed E-state index contributed by atoms with van der Waals surface area (Å²) >= 11 is 0. The molecule has 0 amide bonds.